The number of hydrogen-bond donors (Lipinski definition) is 2. The van der Waals surface area contributed by atoms with Crippen molar-refractivity contribution in [1.29, 1.82) is 0 Å². The second-order valence-corrected chi connectivity index (χ2v) is 13.2. The minimum Gasteiger partial charge on any atom is -0.369 e. The van der Waals surface area contributed by atoms with Gasteiger partial charge in [-0.15, -0.1) is 0 Å². The Kier molecular flexibility index (Phi) is 7.91. The molecule has 2 aromatic carbocycles. The van der Waals surface area contributed by atoms with E-state index >= 15 is 0 Å². The fourth-order valence-corrected chi connectivity index (χ4v) is 7.21. The molecule has 2 N–H and O–H groups in total. The number of nitrogens with zero attached hydrogens (tertiary/aromatic N) is 7. The average Bonchev–Trinajstić information content (AvgIpc) is 3.52. The van der Waals surface area contributed by atoms with Gasteiger partial charge in [-0.3, -0.25) is 24.4 Å². The molecule has 12 nitrogen and oxygen atoms in total. The van der Waals surface area contributed by atoms with Crippen LogP contribution in [0.3, 0.4) is 0 Å². The molecule has 13 heteroatoms. The Balaban J connectivity index is 1.04. The number of aryl methyl sites for hydroxylation is 1. The maximum absolute atomic E-state index is 12.5. The number of rotatable bonds is 6. The van der Waals surface area contributed by atoms with Crippen molar-refractivity contribution in [2.45, 2.75) is 51.0 Å². The molecule has 0 aliphatic carbocycles. The van der Waals surface area contributed by atoms with Crippen molar-refractivity contribution in [2.75, 3.05) is 35.8 Å². The number of anilines is 4. The van der Waals surface area contributed by atoms with E-state index in [0.717, 1.165) is 58.6 Å². The van der Waals surface area contributed by atoms with Crippen molar-refractivity contribution in [2.24, 2.45) is 13.0 Å². The highest BCUT2D eigenvalue weighted by Crippen LogP contribution is 2.35. The highest BCUT2D eigenvalue weighted by molar-refractivity contribution is 6.32. The largest absolute Gasteiger partial charge is 0.434 e. The SMILES string of the molecule is C[C@@H]1CC(/C=[N+](/C)c2ncc(Cl)c(Nc3ccc4c(c3)CC(=O)N4C)n2)CCN1c1ccc2c(C3CCC(=O)NC3=O)nn(C)c2c1. The number of likely N-dealkylation sites (N-methyl/N-ethyl adjacent to an activating group) is 1. The van der Waals surface area contributed by atoms with E-state index in [1.54, 1.807) is 18.1 Å². The number of nitrogens with one attached hydrogen (secondary N) is 2. The van der Waals surface area contributed by atoms with E-state index in [9.17, 15) is 14.4 Å². The van der Waals surface area contributed by atoms with Crippen molar-refractivity contribution in [3.8, 4) is 0 Å². The lowest BCUT2D eigenvalue weighted by Gasteiger charge is -2.38. The molecule has 3 aliphatic rings. The van der Waals surface area contributed by atoms with Crippen molar-refractivity contribution >= 4 is 75.3 Å². The third-order valence-electron chi connectivity index (χ3n) is 9.58. The summed E-state index contributed by atoms with van der Waals surface area (Å²) in [5, 5.41) is 11.8. The van der Waals surface area contributed by atoms with E-state index in [-0.39, 0.29) is 23.8 Å². The van der Waals surface area contributed by atoms with Gasteiger partial charge in [-0.05, 0) is 73.1 Å². The number of piperidine rings is 2. The first-order valence-electron chi connectivity index (χ1n) is 15.9. The highest BCUT2D eigenvalue weighted by Gasteiger charge is 2.32. The van der Waals surface area contributed by atoms with Crippen LogP contribution in [-0.2, 0) is 27.9 Å². The number of amides is 3. The first-order valence-corrected chi connectivity index (χ1v) is 16.3. The molecule has 7 rings (SSSR count). The lowest BCUT2D eigenvalue weighted by Crippen LogP contribution is -2.41. The summed E-state index contributed by atoms with van der Waals surface area (Å²) < 4.78 is 3.79. The highest BCUT2D eigenvalue weighted by atomic mass is 35.5. The van der Waals surface area contributed by atoms with E-state index in [1.165, 1.54) is 0 Å². The minimum absolute atomic E-state index is 0.0759. The van der Waals surface area contributed by atoms with Gasteiger partial charge in [0.1, 0.15) is 11.2 Å². The Labute approximate surface area is 277 Å². The summed E-state index contributed by atoms with van der Waals surface area (Å²) in [5.41, 5.74) is 5.50. The molecule has 0 radical (unpaired) electrons. The zero-order valence-corrected chi connectivity index (χ0v) is 27.6. The van der Waals surface area contributed by atoms with Crippen LogP contribution in [-0.4, -0.2) is 74.9 Å². The fourth-order valence-electron chi connectivity index (χ4n) is 7.07. The molecule has 0 saturated carbocycles. The summed E-state index contributed by atoms with van der Waals surface area (Å²) in [6.45, 7) is 3.12. The smallest absolute Gasteiger partial charge is 0.369 e. The molecule has 4 aromatic rings. The van der Waals surface area contributed by atoms with Crippen molar-refractivity contribution in [1.82, 2.24) is 25.1 Å². The fraction of sp³-hybridized carbons (Fsp3) is 0.382. The summed E-state index contributed by atoms with van der Waals surface area (Å²) in [6, 6.07) is 12.4. The van der Waals surface area contributed by atoms with E-state index < -0.39 is 5.92 Å². The molecule has 3 amide bonds. The van der Waals surface area contributed by atoms with Gasteiger partial charge in [0.05, 0.1) is 30.6 Å². The molecule has 3 aliphatic heterocycles. The van der Waals surface area contributed by atoms with Gasteiger partial charge in [0.25, 0.3) is 0 Å². The second-order valence-electron chi connectivity index (χ2n) is 12.8. The Morgan fingerprint density at radius 3 is 2.72 bits per heavy atom. The summed E-state index contributed by atoms with van der Waals surface area (Å²) in [7, 11) is 5.64. The molecule has 47 heavy (non-hydrogen) atoms. The van der Waals surface area contributed by atoms with Gasteiger partial charge in [-0.2, -0.15) is 5.10 Å². The Bertz CT molecular complexity index is 1970. The van der Waals surface area contributed by atoms with Crippen LogP contribution in [0.15, 0.2) is 42.6 Å². The first-order chi connectivity index (χ1) is 22.5. The number of halogens is 1. The quantitative estimate of drug-likeness (QED) is 0.177. The predicted octanol–water partition coefficient (Wildman–Crippen LogP) is 4.45. The Morgan fingerprint density at radius 2 is 1.94 bits per heavy atom. The van der Waals surface area contributed by atoms with Crippen LogP contribution in [0, 0.1) is 5.92 Å². The van der Waals surface area contributed by atoms with E-state index in [4.69, 9.17) is 21.7 Å². The van der Waals surface area contributed by atoms with Crippen molar-refractivity contribution in [3.05, 3.63) is 58.9 Å². The topological polar surface area (TPSA) is 128 Å². The Morgan fingerprint density at radius 1 is 1.11 bits per heavy atom. The summed E-state index contributed by atoms with van der Waals surface area (Å²) in [5.74, 6) is 0.524. The molecule has 0 spiro atoms. The van der Waals surface area contributed by atoms with E-state index in [1.807, 2.05) is 41.6 Å². The molecular weight excluding hydrogens is 618 g/mol. The number of aromatic nitrogens is 4. The van der Waals surface area contributed by atoms with Crippen LogP contribution in [0.4, 0.5) is 28.8 Å². The second kappa shape index (κ2) is 12.1. The number of imide groups is 1. The van der Waals surface area contributed by atoms with Crippen molar-refractivity contribution < 1.29 is 19.0 Å². The zero-order chi connectivity index (χ0) is 33.0. The Hall–Kier alpha value is -4.84. The van der Waals surface area contributed by atoms with Crippen LogP contribution < -0.4 is 20.4 Å². The molecule has 2 fully saturated rings. The maximum atomic E-state index is 12.5. The number of carbonyl (C=O) groups is 3. The first kappa shape index (κ1) is 30.8. The van der Waals surface area contributed by atoms with Crippen LogP contribution in [0.25, 0.3) is 10.9 Å². The van der Waals surface area contributed by atoms with Crippen LogP contribution in [0.2, 0.25) is 5.02 Å². The molecule has 3 atom stereocenters. The van der Waals surface area contributed by atoms with Crippen molar-refractivity contribution in [3.63, 3.8) is 0 Å². The van der Waals surface area contributed by atoms with Gasteiger partial charge in [-0.25, -0.2) is 4.58 Å². The monoisotopic (exact) mass is 654 g/mol. The van der Waals surface area contributed by atoms with Gasteiger partial charge >= 0.3 is 5.95 Å². The molecule has 242 valence electrons. The van der Waals surface area contributed by atoms with Gasteiger partial charge in [-0.1, -0.05) is 16.6 Å². The van der Waals surface area contributed by atoms with Crippen LogP contribution >= 0.6 is 11.6 Å². The maximum Gasteiger partial charge on any atom is 0.434 e. The molecule has 2 saturated heterocycles. The lowest BCUT2D eigenvalue weighted by atomic mass is 9.91. The third kappa shape index (κ3) is 5.82. The molecule has 2 aromatic heterocycles. The lowest BCUT2D eigenvalue weighted by molar-refractivity contribution is -0.411. The minimum atomic E-state index is -0.422. The van der Waals surface area contributed by atoms with Crippen LogP contribution in [0.5, 0.6) is 0 Å². The van der Waals surface area contributed by atoms with Gasteiger partial charge in [0, 0.05) is 67.7 Å². The van der Waals surface area contributed by atoms with E-state index in [2.05, 4.69) is 51.9 Å². The molecule has 5 heterocycles. The standard InChI is InChI=1S/C34H36ClN9O3/c1-19-13-20(11-12-44(19)23-6-7-24-28(16-23)43(4)40-31(24)25-8-10-29(45)38-33(25)47)18-41(2)34-36-17-26(35)32(39-34)37-22-5-9-27-21(14-22)15-30(46)42(27)3/h5-7,9,14,16-20,25H,8,10-13,15H2,1-4H3,(H-,36,37,38,39,45,47)/p+1/b41-18-/t19-,20?,25?/m1/s1. The molecule has 0 bridgehead atoms. The summed E-state index contributed by atoms with van der Waals surface area (Å²) in [4.78, 5) is 49.6. The number of benzene rings is 2. The summed E-state index contributed by atoms with van der Waals surface area (Å²) >= 11 is 6.48. The number of hydrogen-bond acceptors (Lipinski definition) is 8. The number of fused-ring (bicyclic) bond motifs is 2. The van der Waals surface area contributed by atoms with Crippen LogP contribution in [0.1, 0.15) is 49.8 Å². The van der Waals surface area contributed by atoms with E-state index in [0.29, 0.717) is 42.0 Å². The average molecular weight is 655 g/mol. The van der Waals surface area contributed by atoms with Gasteiger partial charge < -0.3 is 15.1 Å². The third-order valence-corrected chi connectivity index (χ3v) is 9.86. The zero-order valence-electron chi connectivity index (χ0n) is 26.8. The van der Waals surface area contributed by atoms with Gasteiger partial charge in [0.15, 0.2) is 0 Å². The molecule has 2 unspecified atom stereocenters. The number of carbonyl (C=O) groups excluding carboxylic acids is 3. The molecular formula is C34H37ClN9O3+. The normalized spacial score (nSPS) is 21.8. The summed E-state index contributed by atoms with van der Waals surface area (Å²) in [6.07, 6.45) is 6.88. The van der Waals surface area contributed by atoms with Gasteiger partial charge in [0.2, 0.25) is 23.5 Å². The predicted molar refractivity (Wildman–Crippen MR) is 181 cm³/mol.